The number of amides is 1. The number of rotatable bonds is 9. The molecule has 1 fully saturated rings. The molecule has 0 unspecified atom stereocenters. The monoisotopic (exact) mass is 247 g/mol. The van der Waals surface area contributed by atoms with E-state index in [2.05, 4.69) is 5.32 Å². The molecule has 2 N–H and O–H groups in total. The van der Waals surface area contributed by atoms with Gasteiger partial charge in [0, 0.05) is 13.2 Å². The first-order valence-corrected chi connectivity index (χ1v) is 6.48. The van der Waals surface area contributed by atoms with Crippen LogP contribution in [-0.2, 0) is 14.3 Å². The fourth-order valence-electron chi connectivity index (χ4n) is 1.08. The maximum absolute atomic E-state index is 11.2. The molecule has 16 heavy (non-hydrogen) atoms. The second kappa shape index (κ2) is 7.51. The lowest BCUT2D eigenvalue weighted by Crippen LogP contribution is -2.29. The summed E-state index contributed by atoms with van der Waals surface area (Å²) >= 11 is 1.10. The summed E-state index contributed by atoms with van der Waals surface area (Å²) < 4.78 is 5.34. The van der Waals surface area contributed by atoms with Gasteiger partial charge < -0.3 is 15.2 Å². The van der Waals surface area contributed by atoms with E-state index in [1.807, 2.05) is 0 Å². The summed E-state index contributed by atoms with van der Waals surface area (Å²) in [6.45, 7) is 1.83. The Morgan fingerprint density at radius 1 is 1.38 bits per heavy atom. The van der Waals surface area contributed by atoms with Crippen molar-refractivity contribution in [2.75, 3.05) is 31.3 Å². The minimum atomic E-state index is -0.898. The van der Waals surface area contributed by atoms with E-state index in [0.717, 1.165) is 24.3 Å². The van der Waals surface area contributed by atoms with Gasteiger partial charge in [-0.3, -0.25) is 9.59 Å². The molecule has 1 amide bonds. The molecule has 1 rings (SSSR count). The molecule has 1 aliphatic rings. The van der Waals surface area contributed by atoms with Crippen molar-refractivity contribution in [1.82, 2.24) is 5.32 Å². The summed E-state index contributed by atoms with van der Waals surface area (Å²) in [7, 11) is 0. The number of carboxylic acid groups (broad SMARTS) is 1. The topological polar surface area (TPSA) is 75.6 Å². The van der Waals surface area contributed by atoms with Crippen LogP contribution in [0.5, 0.6) is 0 Å². The van der Waals surface area contributed by atoms with Crippen LogP contribution in [0, 0.1) is 5.92 Å². The van der Waals surface area contributed by atoms with Crippen molar-refractivity contribution in [3.05, 3.63) is 0 Å². The Hall–Kier alpha value is -0.750. The number of carbonyl (C=O) groups excluding carboxylic acids is 1. The normalized spacial score (nSPS) is 14.8. The molecule has 0 spiro atoms. The number of carboxylic acids is 1. The molecule has 5 nitrogen and oxygen atoms in total. The molecule has 0 bridgehead atoms. The number of aliphatic carboxylic acids is 1. The Morgan fingerprint density at radius 3 is 2.75 bits per heavy atom. The first kappa shape index (κ1) is 13.3. The van der Waals surface area contributed by atoms with Crippen LogP contribution < -0.4 is 5.32 Å². The molecule has 0 heterocycles. The van der Waals surface area contributed by atoms with Crippen molar-refractivity contribution in [3.8, 4) is 0 Å². The van der Waals surface area contributed by atoms with E-state index in [0.29, 0.717) is 13.2 Å². The van der Waals surface area contributed by atoms with Crippen molar-refractivity contribution in [1.29, 1.82) is 0 Å². The van der Waals surface area contributed by atoms with E-state index in [9.17, 15) is 9.59 Å². The molecule has 1 aliphatic carbocycles. The largest absolute Gasteiger partial charge is 0.481 e. The van der Waals surface area contributed by atoms with Gasteiger partial charge in [-0.15, -0.1) is 11.8 Å². The third-order valence-corrected chi connectivity index (χ3v) is 3.00. The molecule has 0 aromatic heterocycles. The first-order chi connectivity index (χ1) is 7.68. The van der Waals surface area contributed by atoms with Crippen molar-refractivity contribution >= 4 is 23.6 Å². The lowest BCUT2D eigenvalue weighted by atomic mass is 10.5. The smallest absolute Gasteiger partial charge is 0.313 e. The van der Waals surface area contributed by atoms with Crippen LogP contribution in [0.25, 0.3) is 0 Å². The summed E-state index contributed by atoms with van der Waals surface area (Å²) in [5.41, 5.74) is 0. The zero-order valence-corrected chi connectivity index (χ0v) is 9.92. The SMILES string of the molecule is O=C(O)CSCC(=O)NCCOCC1CC1. The molecular formula is C10H17NO4S. The third-order valence-electron chi connectivity index (χ3n) is 2.08. The molecule has 0 aliphatic heterocycles. The quantitative estimate of drug-likeness (QED) is 0.575. The minimum Gasteiger partial charge on any atom is -0.481 e. The van der Waals surface area contributed by atoms with Gasteiger partial charge in [-0.05, 0) is 18.8 Å². The van der Waals surface area contributed by atoms with Crippen LogP contribution in [0.3, 0.4) is 0 Å². The average molecular weight is 247 g/mol. The lowest BCUT2D eigenvalue weighted by Gasteiger charge is -2.05. The van der Waals surface area contributed by atoms with Crippen LogP contribution in [0.4, 0.5) is 0 Å². The Balaban J connectivity index is 1.83. The highest BCUT2D eigenvalue weighted by atomic mass is 32.2. The highest BCUT2D eigenvalue weighted by Crippen LogP contribution is 2.28. The van der Waals surface area contributed by atoms with Gasteiger partial charge >= 0.3 is 5.97 Å². The van der Waals surface area contributed by atoms with Crippen LogP contribution >= 0.6 is 11.8 Å². The average Bonchev–Trinajstić information content (AvgIpc) is 3.00. The summed E-state index contributed by atoms with van der Waals surface area (Å²) in [5, 5.41) is 11.0. The second-order valence-electron chi connectivity index (χ2n) is 3.75. The van der Waals surface area contributed by atoms with Crippen molar-refractivity contribution in [2.24, 2.45) is 5.92 Å². The van der Waals surface area contributed by atoms with Gasteiger partial charge in [-0.1, -0.05) is 0 Å². The number of carbonyl (C=O) groups is 2. The second-order valence-corrected chi connectivity index (χ2v) is 4.74. The molecular weight excluding hydrogens is 230 g/mol. The molecule has 0 aromatic rings. The van der Waals surface area contributed by atoms with Crippen LogP contribution in [0.1, 0.15) is 12.8 Å². The Labute approximate surface area is 98.9 Å². The van der Waals surface area contributed by atoms with E-state index >= 15 is 0 Å². The number of nitrogens with one attached hydrogen (secondary N) is 1. The van der Waals surface area contributed by atoms with Gasteiger partial charge in [0.05, 0.1) is 18.1 Å². The zero-order chi connectivity index (χ0) is 11.8. The van der Waals surface area contributed by atoms with Gasteiger partial charge in [0.15, 0.2) is 0 Å². The van der Waals surface area contributed by atoms with Crippen molar-refractivity contribution < 1.29 is 19.4 Å². The zero-order valence-electron chi connectivity index (χ0n) is 9.11. The summed E-state index contributed by atoms with van der Waals surface area (Å²) in [6.07, 6.45) is 2.52. The lowest BCUT2D eigenvalue weighted by molar-refractivity contribution is -0.133. The summed E-state index contributed by atoms with van der Waals surface area (Å²) in [6, 6.07) is 0. The molecule has 0 atom stereocenters. The first-order valence-electron chi connectivity index (χ1n) is 5.32. The molecule has 0 saturated heterocycles. The van der Waals surface area contributed by atoms with Crippen LogP contribution in [-0.4, -0.2) is 48.2 Å². The van der Waals surface area contributed by atoms with Gasteiger partial charge in [0.25, 0.3) is 0 Å². The maximum atomic E-state index is 11.2. The van der Waals surface area contributed by atoms with Crippen molar-refractivity contribution in [2.45, 2.75) is 12.8 Å². The highest BCUT2D eigenvalue weighted by Gasteiger charge is 2.20. The van der Waals surface area contributed by atoms with Gasteiger partial charge in [-0.2, -0.15) is 0 Å². The van der Waals surface area contributed by atoms with E-state index in [4.69, 9.17) is 9.84 Å². The Morgan fingerprint density at radius 2 is 2.12 bits per heavy atom. The predicted molar refractivity (Wildman–Crippen MR) is 61.5 cm³/mol. The standard InChI is InChI=1S/C10H17NO4S/c12-9(6-16-7-10(13)14)11-3-4-15-5-8-1-2-8/h8H,1-7H2,(H,11,12)(H,13,14). The molecule has 0 radical (unpaired) electrons. The Kier molecular flexibility index (Phi) is 6.25. The van der Waals surface area contributed by atoms with E-state index in [1.54, 1.807) is 0 Å². The Bertz CT molecular complexity index is 243. The number of hydrogen-bond acceptors (Lipinski definition) is 4. The third kappa shape index (κ3) is 7.53. The fourth-order valence-corrected chi connectivity index (χ4v) is 1.64. The van der Waals surface area contributed by atoms with Crippen LogP contribution in [0.15, 0.2) is 0 Å². The van der Waals surface area contributed by atoms with Gasteiger partial charge in [0.1, 0.15) is 0 Å². The molecule has 92 valence electrons. The molecule has 1 saturated carbocycles. The minimum absolute atomic E-state index is 0.0361. The van der Waals surface area contributed by atoms with Gasteiger partial charge in [-0.25, -0.2) is 0 Å². The molecule has 0 aromatic carbocycles. The van der Waals surface area contributed by atoms with Crippen LogP contribution in [0.2, 0.25) is 0 Å². The number of thioether (sulfide) groups is 1. The van der Waals surface area contributed by atoms with E-state index in [1.165, 1.54) is 12.8 Å². The maximum Gasteiger partial charge on any atom is 0.313 e. The summed E-state index contributed by atoms with van der Waals surface area (Å²) in [5.74, 6) is -0.144. The van der Waals surface area contributed by atoms with E-state index in [-0.39, 0.29) is 17.4 Å². The molecule has 6 heteroatoms. The van der Waals surface area contributed by atoms with Crippen molar-refractivity contribution in [3.63, 3.8) is 0 Å². The van der Waals surface area contributed by atoms with E-state index < -0.39 is 5.97 Å². The highest BCUT2D eigenvalue weighted by molar-refractivity contribution is 8.00. The fraction of sp³-hybridized carbons (Fsp3) is 0.800. The number of ether oxygens (including phenoxy) is 1. The van der Waals surface area contributed by atoms with Gasteiger partial charge in [0.2, 0.25) is 5.91 Å². The predicted octanol–water partition coefficient (Wildman–Crippen LogP) is 0.347. The summed E-state index contributed by atoms with van der Waals surface area (Å²) in [4.78, 5) is 21.3. The number of hydrogen-bond donors (Lipinski definition) is 2.